The lowest BCUT2D eigenvalue weighted by Gasteiger charge is -2.28. The van der Waals surface area contributed by atoms with E-state index in [0.29, 0.717) is 21.5 Å². The predicted octanol–water partition coefficient (Wildman–Crippen LogP) is 3.52. The van der Waals surface area contributed by atoms with Gasteiger partial charge in [0.1, 0.15) is 11.6 Å². The standard InChI is InChI=1S/C14H11Cl2N5S/c1-14(9-3-10(15)5-11(16)4-9)19-12-8(6-17)7-18-13(22-2)21(12)20-14/h3-5,7,20H,1-2H3/t14-/m1/s1. The number of amidine groups is 2. The molecule has 1 aromatic carbocycles. The highest BCUT2D eigenvalue weighted by Gasteiger charge is 2.41. The van der Waals surface area contributed by atoms with E-state index in [1.54, 1.807) is 23.2 Å². The first kappa shape index (κ1) is 15.4. The molecule has 1 atom stereocenters. The number of fused-ring (bicyclic) bond motifs is 1. The number of aliphatic imine (C=N–C) groups is 2. The zero-order chi connectivity index (χ0) is 15.9. The Labute approximate surface area is 142 Å². The number of hydrazine groups is 1. The van der Waals surface area contributed by atoms with Crippen LogP contribution in [-0.4, -0.2) is 22.3 Å². The highest BCUT2D eigenvalue weighted by molar-refractivity contribution is 8.13. The zero-order valence-electron chi connectivity index (χ0n) is 11.8. The van der Waals surface area contributed by atoms with Crippen molar-refractivity contribution in [1.82, 2.24) is 10.4 Å². The summed E-state index contributed by atoms with van der Waals surface area (Å²) in [6.07, 6.45) is 3.44. The fraction of sp³-hybridized carbons (Fsp3) is 0.214. The molecule has 112 valence electrons. The van der Waals surface area contributed by atoms with Crippen molar-refractivity contribution in [3.05, 3.63) is 45.6 Å². The van der Waals surface area contributed by atoms with E-state index in [9.17, 15) is 5.26 Å². The van der Waals surface area contributed by atoms with Crippen molar-refractivity contribution in [2.45, 2.75) is 12.6 Å². The van der Waals surface area contributed by atoms with E-state index in [-0.39, 0.29) is 0 Å². The monoisotopic (exact) mass is 351 g/mol. The van der Waals surface area contributed by atoms with Crippen molar-refractivity contribution in [1.29, 1.82) is 5.26 Å². The minimum absolute atomic E-state index is 0.405. The molecule has 0 radical (unpaired) electrons. The molecule has 0 amide bonds. The third-order valence-corrected chi connectivity index (χ3v) is 4.42. The zero-order valence-corrected chi connectivity index (χ0v) is 14.1. The van der Waals surface area contributed by atoms with Crippen LogP contribution in [-0.2, 0) is 5.66 Å². The lowest BCUT2D eigenvalue weighted by atomic mass is 10.0. The Bertz CT molecular complexity index is 760. The van der Waals surface area contributed by atoms with E-state index in [1.807, 2.05) is 13.2 Å². The third kappa shape index (κ3) is 2.50. The van der Waals surface area contributed by atoms with Crippen LogP contribution in [0.2, 0.25) is 10.0 Å². The maximum Gasteiger partial charge on any atom is 0.184 e. The molecule has 0 spiro atoms. The van der Waals surface area contributed by atoms with Crippen molar-refractivity contribution in [2.75, 3.05) is 6.26 Å². The number of halogens is 2. The summed E-state index contributed by atoms with van der Waals surface area (Å²) in [5.41, 5.74) is 3.71. The SMILES string of the molecule is CSC1=NC=C(C#N)C2=N[C@@](C)(c3cc(Cl)cc(Cl)c3)NN12. The van der Waals surface area contributed by atoms with E-state index >= 15 is 0 Å². The van der Waals surface area contributed by atoms with Gasteiger partial charge in [0, 0.05) is 10.0 Å². The summed E-state index contributed by atoms with van der Waals surface area (Å²) < 4.78 is 0. The molecule has 0 unspecified atom stereocenters. The fourth-order valence-corrected chi connectivity index (χ4v) is 3.30. The van der Waals surface area contributed by atoms with Crippen LogP contribution in [0.1, 0.15) is 12.5 Å². The van der Waals surface area contributed by atoms with Crippen LogP contribution in [0, 0.1) is 11.3 Å². The number of thioether (sulfide) groups is 1. The lowest BCUT2D eigenvalue weighted by Crippen LogP contribution is -2.48. The van der Waals surface area contributed by atoms with Crippen LogP contribution >= 0.6 is 35.0 Å². The molecule has 1 aromatic rings. The molecular formula is C14H11Cl2N5S. The summed E-state index contributed by atoms with van der Waals surface area (Å²) in [7, 11) is 0. The van der Waals surface area contributed by atoms with Crippen LogP contribution < -0.4 is 5.43 Å². The Hall–Kier alpha value is -1.52. The van der Waals surface area contributed by atoms with Crippen molar-refractivity contribution in [2.24, 2.45) is 9.98 Å². The molecule has 22 heavy (non-hydrogen) atoms. The summed E-state index contributed by atoms with van der Waals surface area (Å²) in [5.74, 6) is 0.542. The molecule has 0 bridgehead atoms. The number of hydrogen-bond donors (Lipinski definition) is 1. The van der Waals surface area contributed by atoms with Crippen molar-refractivity contribution >= 4 is 46.0 Å². The number of nitrogens with one attached hydrogen (secondary N) is 1. The van der Waals surface area contributed by atoms with Gasteiger partial charge in [-0.2, -0.15) is 10.7 Å². The fourth-order valence-electron chi connectivity index (χ4n) is 2.30. The van der Waals surface area contributed by atoms with E-state index in [1.165, 1.54) is 18.0 Å². The van der Waals surface area contributed by atoms with E-state index in [2.05, 4.69) is 21.5 Å². The molecule has 2 aliphatic heterocycles. The average molecular weight is 352 g/mol. The minimum atomic E-state index is -0.777. The molecule has 0 aliphatic carbocycles. The number of nitrogens with zero attached hydrogens (tertiary/aromatic N) is 4. The first-order valence-corrected chi connectivity index (χ1v) is 8.32. The lowest BCUT2D eigenvalue weighted by molar-refractivity contribution is 0.311. The summed E-state index contributed by atoms with van der Waals surface area (Å²) in [6.45, 7) is 1.90. The van der Waals surface area contributed by atoms with Gasteiger partial charge in [-0.25, -0.2) is 15.0 Å². The topological polar surface area (TPSA) is 63.8 Å². The normalized spacial score (nSPS) is 23.4. The van der Waals surface area contributed by atoms with Gasteiger partial charge in [0.25, 0.3) is 0 Å². The van der Waals surface area contributed by atoms with Gasteiger partial charge in [-0.05, 0) is 36.9 Å². The second-order valence-corrected chi connectivity index (χ2v) is 6.53. The highest BCUT2D eigenvalue weighted by Crippen LogP contribution is 2.34. The van der Waals surface area contributed by atoms with Gasteiger partial charge >= 0.3 is 0 Å². The molecule has 1 N–H and O–H groups in total. The molecule has 0 saturated carbocycles. The van der Waals surface area contributed by atoms with Crippen molar-refractivity contribution in [3.8, 4) is 6.07 Å². The van der Waals surface area contributed by atoms with E-state index < -0.39 is 5.66 Å². The summed E-state index contributed by atoms with van der Waals surface area (Å²) in [5, 5.41) is 12.8. The molecule has 0 fully saturated rings. The van der Waals surface area contributed by atoms with Gasteiger partial charge in [0.2, 0.25) is 0 Å². The minimum Gasteiger partial charge on any atom is -0.237 e. The third-order valence-electron chi connectivity index (χ3n) is 3.33. The number of hydrogen-bond acceptors (Lipinski definition) is 6. The van der Waals surface area contributed by atoms with Gasteiger partial charge in [0.15, 0.2) is 16.7 Å². The molecule has 8 heteroatoms. The number of benzene rings is 1. The molecule has 2 aliphatic rings. The first-order chi connectivity index (χ1) is 10.5. The summed E-state index contributed by atoms with van der Waals surface area (Å²) >= 11 is 13.6. The van der Waals surface area contributed by atoms with Crippen LogP contribution in [0.5, 0.6) is 0 Å². The van der Waals surface area contributed by atoms with Crippen LogP contribution in [0.25, 0.3) is 0 Å². The maximum absolute atomic E-state index is 9.25. The Balaban J connectivity index is 2.09. The molecular weight excluding hydrogens is 341 g/mol. The number of nitriles is 1. The molecule has 0 saturated heterocycles. The van der Waals surface area contributed by atoms with E-state index in [0.717, 1.165) is 10.7 Å². The second-order valence-electron chi connectivity index (χ2n) is 4.88. The second kappa shape index (κ2) is 5.60. The largest absolute Gasteiger partial charge is 0.237 e. The molecule has 2 heterocycles. The Morgan fingerprint density at radius 2 is 2.00 bits per heavy atom. The van der Waals surface area contributed by atoms with Gasteiger partial charge in [-0.15, -0.1) is 0 Å². The first-order valence-electron chi connectivity index (χ1n) is 6.33. The summed E-state index contributed by atoms with van der Waals surface area (Å²) in [6, 6.07) is 7.38. The van der Waals surface area contributed by atoms with Crippen molar-refractivity contribution < 1.29 is 0 Å². The van der Waals surface area contributed by atoms with Crippen molar-refractivity contribution in [3.63, 3.8) is 0 Å². The van der Waals surface area contributed by atoms with Crippen LogP contribution in [0.3, 0.4) is 0 Å². The Morgan fingerprint density at radius 1 is 1.32 bits per heavy atom. The Kier molecular flexibility index (Phi) is 3.91. The summed E-state index contributed by atoms with van der Waals surface area (Å²) in [4.78, 5) is 8.94. The molecule has 3 rings (SSSR count). The Morgan fingerprint density at radius 3 is 2.59 bits per heavy atom. The van der Waals surface area contributed by atoms with Gasteiger partial charge in [-0.1, -0.05) is 35.0 Å². The van der Waals surface area contributed by atoms with E-state index in [4.69, 9.17) is 23.2 Å². The van der Waals surface area contributed by atoms with Gasteiger partial charge in [-0.3, -0.25) is 0 Å². The molecule has 5 nitrogen and oxygen atoms in total. The smallest absolute Gasteiger partial charge is 0.184 e. The van der Waals surface area contributed by atoms with Crippen LogP contribution in [0.15, 0.2) is 40.0 Å². The highest BCUT2D eigenvalue weighted by atomic mass is 35.5. The quantitative estimate of drug-likeness (QED) is 0.840. The predicted molar refractivity (Wildman–Crippen MR) is 90.9 cm³/mol. The molecule has 0 aromatic heterocycles. The van der Waals surface area contributed by atoms with Crippen LogP contribution in [0.4, 0.5) is 0 Å². The van der Waals surface area contributed by atoms with Gasteiger partial charge < -0.3 is 0 Å². The number of rotatable bonds is 1. The average Bonchev–Trinajstić information content (AvgIpc) is 2.84. The maximum atomic E-state index is 9.25. The van der Waals surface area contributed by atoms with Gasteiger partial charge in [0.05, 0.1) is 6.20 Å².